The third-order valence-electron chi connectivity index (χ3n) is 7.70. The van der Waals surface area contributed by atoms with Crippen molar-refractivity contribution in [2.24, 2.45) is 4.99 Å². The molecule has 0 bridgehead atoms. The molecule has 40 heavy (non-hydrogen) atoms. The van der Waals surface area contributed by atoms with Gasteiger partial charge in [0.05, 0.1) is 18.7 Å². The van der Waals surface area contributed by atoms with Gasteiger partial charge in [0, 0.05) is 56.4 Å². The predicted molar refractivity (Wildman–Crippen MR) is 153 cm³/mol. The van der Waals surface area contributed by atoms with Gasteiger partial charge in [0.2, 0.25) is 5.95 Å². The first-order valence-electron chi connectivity index (χ1n) is 13.6. The third-order valence-corrected chi connectivity index (χ3v) is 7.70. The van der Waals surface area contributed by atoms with Crippen LogP contribution < -0.4 is 9.64 Å². The highest BCUT2D eigenvalue weighted by atomic mass is 19.1. The van der Waals surface area contributed by atoms with Crippen molar-refractivity contribution in [2.45, 2.75) is 25.4 Å². The van der Waals surface area contributed by atoms with Crippen LogP contribution in [0.2, 0.25) is 0 Å². The number of anilines is 1. The number of halogens is 2. The molecule has 0 radical (unpaired) electrons. The standard InChI is InChI=1S/C32H31F2N5O/c1-40-26-11-5-22(6-12-26)21-38-15-17-39(18-16-38)32-35-19-25(20-36-32)23-7-9-24(10-8-23)29-13-14-30(37-29)31-27(33)3-2-4-28(31)34/h2-12,19-20,29H,13-18,21H2,1H3. The zero-order chi connectivity index (χ0) is 27.5. The van der Waals surface area contributed by atoms with Crippen molar-refractivity contribution < 1.29 is 13.5 Å². The van der Waals surface area contributed by atoms with Crippen molar-refractivity contribution in [1.29, 1.82) is 0 Å². The minimum atomic E-state index is -0.561. The number of aromatic nitrogens is 2. The molecule has 6 nitrogen and oxygen atoms in total. The Kier molecular flexibility index (Phi) is 7.51. The van der Waals surface area contributed by atoms with E-state index in [-0.39, 0.29) is 11.6 Å². The number of piperazine rings is 1. The van der Waals surface area contributed by atoms with Crippen molar-refractivity contribution in [1.82, 2.24) is 14.9 Å². The number of hydrogen-bond donors (Lipinski definition) is 0. The highest BCUT2D eigenvalue weighted by Crippen LogP contribution is 2.33. The summed E-state index contributed by atoms with van der Waals surface area (Å²) in [5, 5.41) is 0. The molecular weight excluding hydrogens is 508 g/mol. The second kappa shape index (κ2) is 11.5. The zero-order valence-electron chi connectivity index (χ0n) is 22.4. The average molecular weight is 540 g/mol. The molecule has 0 aliphatic carbocycles. The van der Waals surface area contributed by atoms with Gasteiger partial charge in [0.15, 0.2) is 0 Å². The van der Waals surface area contributed by atoms with Crippen LogP contribution in [0.4, 0.5) is 14.7 Å². The van der Waals surface area contributed by atoms with Crippen LogP contribution >= 0.6 is 0 Å². The maximum Gasteiger partial charge on any atom is 0.225 e. The minimum Gasteiger partial charge on any atom is -0.497 e. The van der Waals surface area contributed by atoms with Gasteiger partial charge in [-0.05, 0) is 53.8 Å². The number of hydrogen-bond acceptors (Lipinski definition) is 6. The Labute approximate surface area is 233 Å². The number of ether oxygens (including phenoxy) is 1. The van der Waals surface area contributed by atoms with E-state index in [1.165, 1.54) is 23.8 Å². The van der Waals surface area contributed by atoms with Gasteiger partial charge in [-0.25, -0.2) is 18.7 Å². The number of benzene rings is 3. The summed E-state index contributed by atoms with van der Waals surface area (Å²) in [6, 6.07) is 20.2. The molecule has 3 heterocycles. The van der Waals surface area contributed by atoms with E-state index in [9.17, 15) is 8.78 Å². The number of rotatable bonds is 7. The van der Waals surface area contributed by atoms with Gasteiger partial charge >= 0.3 is 0 Å². The second-order valence-electron chi connectivity index (χ2n) is 10.2. The van der Waals surface area contributed by atoms with Gasteiger partial charge in [-0.2, -0.15) is 0 Å². The summed E-state index contributed by atoms with van der Waals surface area (Å²) >= 11 is 0. The molecule has 0 spiro atoms. The molecule has 4 aromatic rings. The Morgan fingerprint density at radius 2 is 1.50 bits per heavy atom. The van der Waals surface area contributed by atoms with Crippen LogP contribution in [0, 0.1) is 11.6 Å². The quantitative estimate of drug-likeness (QED) is 0.285. The van der Waals surface area contributed by atoms with Crippen LogP contribution in [-0.2, 0) is 6.54 Å². The lowest BCUT2D eigenvalue weighted by atomic mass is 10.0. The topological polar surface area (TPSA) is 53.9 Å². The molecule has 204 valence electrons. The van der Waals surface area contributed by atoms with Crippen LogP contribution in [-0.4, -0.2) is 53.9 Å². The van der Waals surface area contributed by atoms with E-state index in [0.29, 0.717) is 12.1 Å². The van der Waals surface area contributed by atoms with Gasteiger partial charge in [-0.1, -0.05) is 42.5 Å². The van der Waals surface area contributed by atoms with Gasteiger partial charge < -0.3 is 9.64 Å². The Balaban J connectivity index is 1.06. The molecule has 0 saturated carbocycles. The molecule has 1 fully saturated rings. The number of nitrogens with zero attached hydrogens (tertiary/aromatic N) is 5. The zero-order valence-corrected chi connectivity index (χ0v) is 22.4. The van der Waals surface area contributed by atoms with E-state index < -0.39 is 11.6 Å². The van der Waals surface area contributed by atoms with E-state index in [1.807, 2.05) is 48.8 Å². The summed E-state index contributed by atoms with van der Waals surface area (Å²) < 4.78 is 33.6. The summed E-state index contributed by atoms with van der Waals surface area (Å²) in [5.74, 6) is 0.501. The van der Waals surface area contributed by atoms with Crippen molar-refractivity contribution >= 4 is 11.7 Å². The highest BCUT2D eigenvalue weighted by Gasteiger charge is 2.24. The molecule has 0 N–H and O–H groups in total. The van der Waals surface area contributed by atoms with E-state index in [2.05, 4.69) is 36.9 Å². The van der Waals surface area contributed by atoms with E-state index in [4.69, 9.17) is 4.74 Å². The lowest BCUT2D eigenvalue weighted by Crippen LogP contribution is -2.46. The fourth-order valence-electron chi connectivity index (χ4n) is 5.42. The molecule has 1 aromatic heterocycles. The van der Waals surface area contributed by atoms with Crippen molar-refractivity contribution in [3.63, 3.8) is 0 Å². The first-order chi connectivity index (χ1) is 19.6. The Hall–Kier alpha value is -4.17. The van der Waals surface area contributed by atoms with Gasteiger partial charge in [-0.3, -0.25) is 9.89 Å². The van der Waals surface area contributed by atoms with Crippen molar-refractivity contribution in [3.05, 3.63) is 107 Å². The molecule has 6 rings (SSSR count). The Morgan fingerprint density at radius 3 is 2.15 bits per heavy atom. The average Bonchev–Trinajstić information content (AvgIpc) is 3.48. The van der Waals surface area contributed by atoms with Crippen LogP contribution in [0.25, 0.3) is 11.1 Å². The summed E-state index contributed by atoms with van der Waals surface area (Å²) in [6.45, 7) is 4.58. The highest BCUT2D eigenvalue weighted by molar-refractivity contribution is 6.02. The monoisotopic (exact) mass is 539 g/mol. The predicted octanol–water partition coefficient (Wildman–Crippen LogP) is 6.08. The lowest BCUT2D eigenvalue weighted by molar-refractivity contribution is 0.248. The third kappa shape index (κ3) is 5.58. The molecule has 0 amide bonds. The fraction of sp³-hybridized carbons (Fsp3) is 0.281. The minimum absolute atomic E-state index is 0.00230. The van der Waals surface area contributed by atoms with E-state index >= 15 is 0 Å². The second-order valence-corrected chi connectivity index (χ2v) is 10.2. The number of aliphatic imine (C=N–C) groups is 1. The first kappa shape index (κ1) is 26.1. The van der Waals surface area contributed by atoms with Crippen LogP contribution in [0.1, 0.15) is 35.6 Å². The van der Waals surface area contributed by atoms with Gasteiger partial charge in [-0.15, -0.1) is 0 Å². The normalized spacial score (nSPS) is 17.6. The number of methoxy groups -OCH3 is 1. The van der Waals surface area contributed by atoms with Crippen LogP contribution in [0.15, 0.2) is 84.1 Å². The summed E-state index contributed by atoms with van der Waals surface area (Å²) in [6.07, 6.45) is 5.02. The maximum absolute atomic E-state index is 14.2. The summed E-state index contributed by atoms with van der Waals surface area (Å²) in [4.78, 5) is 18.6. The molecule has 2 aliphatic rings. The molecule has 1 saturated heterocycles. The van der Waals surface area contributed by atoms with E-state index in [0.717, 1.165) is 67.5 Å². The first-order valence-corrected chi connectivity index (χ1v) is 13.6. The maximum atomic E-state index is 14.2. The molecule has 1 atom stereocenters. The SMILES string of the molecule is COc1ccc(CN2CCN(c3ncc(-c4ccc(C5CCC(c6c(F)cccc6F)=N5)cc4)cn3)CC2)cc1. The lowest BCUT2D eigenvalue weighted by Gasteiger charge is -2.34. The van der Waals surface area contributed by atoms with E-state index in [1.54, 1.807) is 7.11 Å². The summed E-state index contributed by atoms with van der Waals surface area (Å²) in [5.41, 5.74) is 4.76. The molecule has 2 aliphatic heterocycles. The largest absolute Gasteiger partial charge is 0.497 e. The molecular formula is C32H31F2N5O. The van der Waals surface area contributed by atoms with Gasteiger partial charge in [0.25, 0.3) is 0 Å². The van der Waals surface area contributed by atoms with Gasteiger partial charge in [0.1, 0.15) is 17.4 Å². The molecule has 1 unspecified atom stereocenters. The van der Waals surface area contributed by atoms with Crippen molar-refractivity contribution in [2.75, 3.05) is 38.2 Å². The van der Waals surface area contributed by atoms with Crippen molar-refractivity contribution in [3.8, 4) is 16.9 Å². The molecule has 8 heteroatoms. The van der Waals surface area contributed by atoms with Crippen LogP contribution in [0.5, 0.6) is 5.75 Å². The smallest absolute Gasteiger partial charge is 0.225 e. The Bertz CT molecular complexity index is 1460. The van der Waals surface area contributed by atoms with Crippen LogP contribution in [0.3, 0.4) is 0 Å². The Morgan fingerprint density at radius 1 is 0.825 bits per heavy atom. The fourth-order valence-corrected chi connectivity index (χ4v) is 5.42. The molecule has 3 aromatic carbocycles. The summed E-state index contributed by atoms with van der Waals surface area (Å²) in [7, 11) is 1.68.